The third-order valence-corrected chi connectivity index (χ3v) is 8.17. The minimum absolute atomic E-state index is 0.175. The van der Waals surface area contributed by atoms with Crippen LogP contribution in [0.3, 0.4) is 0 Å². The standard InChI is InChI=1S/C40H30N2O2/c1-26-18-20-29(21-19-26)31-22-23-37-35(25-31)33-14-6-7-16-36(33)42(37)38-17-9-15-34(39(38)27(2)43)40(44)41-32-13-8-12-30(24-32)28-10-4-3-5-11-28/h3-25H,1-2H3,(H,41,44). The molecule has 0 saturated carbocycles. The van der Waals surface area contributed by atoms with Crippen LogP contribution in [0, 0.1) is 6.92 Å². The van der Waals surface area contributed by atoms with E-state index in [1.54, 1.807) is 6.07 Å². The maximum absolute atomic E-state index is 13.8. The molecule has 0 bridgehead atoms. The summed E-state index contributed by atoms with van der Waals surface area (Å²) in [5.74, 6) is -0.504. The molecule has 4 nitrogen and oxygen atoms in total. The molecule has 0 radical (unpaired) electrons. The van der Waals surface area contributed by atoms with Crippen LogP contribution in [0.4, 0.5) is 5.69 Å². The zero-order chi connectivity index (χ0) is 30.2. The fraction of sp³-hybridized carbons (Fsp3) is 0.0500. The zero-order valence-corrected chi connectivity index (χ0v) is 24.5. The Morgan fingerprint density at radius 3 is 2.00 bits per heavy atom. The number of amides is 1. The first-order chi connectivity index (χ1) is 21.5. The fourth-order valence-electron chi connectivity index (χ4n) is 6.05. The Morgan fingerprint density at radius 2 is 1.20 bits per heavy atom. The summed E-state index contributed by atoms with van der Waals surface area (Å²) < 4.78 is 2.10. The highest BCUT2D eigenvalue weighted by atomic mass is 16.2. The van der Waals surface area contributed by atoms with E-state index in [1.807, 2.05) is 78.9 Å². The van der Waals surface area contributed by atoms with Crippen molar-refractivity contribution in [3.63, 3.8) is 0 Å². The summed E-state index contributed by atoms with van der Waals surface area (Å²) in [4.78, 5) is 27.1. The van der Waals surface area contributed by atoms with Crippen LogP contribution in [-0.2, 0) is 0 Å². The molecule has 0 aliphatic carbocycles. The molecule has 4 heteroatoms. The predicted octanol–water partition coefficient (Wildman–Crippen LogP) is 9.88. The quantitative estimate of drug-likeness (QED) is 0.202. The van der Waals surface area contributed by atoms with Crippen LogP contribution in [0.25, 0.3) is 49.7 Å². The van der Waals surface area contributed by atoms with Gasteiger partial charge < -0.3 is 9.88 Å². The van der Waals surface area contributed by atoms with Gasteiger partial charge in [-0.2, -0.15) is 0 Å². The molecular formula is C40H30N2O2. The van der Waals surface area contributed by atoms with Crippen molar-refractivity contribution in [3.8, 4) is 27.9 Å². The van der Waals surface area contributed by atoms with Gasteiger partial charge in [-0.05, 0) is 78.6 Å². The average molecular weight is 571 g/mol. The molecule has 0 aliphatic rings. The lowest BCUT2D eigenvalue weighted by molar-refractivity contribution is 0.0985. The van der Waals surface area contributed by atoms with Crippen LogP contribution < -0.4 is 5.32 Å². The van der Waals surface area contributed by atoms with Crippen molar-refractivity contribution >= 4 is 39.2 Å². The summed E-state index contributed by atoms with van der Waals surface area (Å²) in [5, 5.41) is 5.21. The number of carbonyl (C=O) groups is 2. The average Bonchev–Trinajstić information content (AvgIpc) is 3.39. The molecule has 1 amide bonds. The number of aryl methyl sites for hydroxylation is 1. The van der Waals surface area contributed by atoms with E-state index in [0.717, 1.165) is 44.1 Å². The van der Waals surface area contributed by atoms with E-state index in [9.17, 15) is 9.59 Å². The normalized spacial score (nSPS) is 11.1. The number of aromatic nitrogens is 1. The predicted molar refractivity (Wildman–Crippen MR) is 181 cm³/mol. The summed E-state index contributed by atoms with van der Waals surface area (Å²) in [7, 11) is 0. The number of hydrogen-bond acceptors (Lipinski definition) is 2. The molecule has 0 aliphatic heterocycles. The molecule has 6 aromatic carbocycles. The van der Waals surface area contributed by atoms with Crippen molar-refractivity contribution < 1.29 is 9.59 Å². The Hall–Kier alpha value is -5.74. The molecule has 1 N–H and O–H groups in total. The van der Waals surface area contributed by atoms with E-state index in [1.165, 1.54) is 12.5 Å². The van der Waals surface area contributed by atoms with Crippen LogP contribution in [-0.4, -0.2) is 16.3 Å². The van der Waals surface area contributed by atoms with Gasteiger partial charge in [0.15, 0.2) is 5.78 Å². The Kier molecular flexibility index (Phi) is 6.88. The molecule has 0 atom stereocenters. The summed E-state index contributed by atoms with van der Waals surface area (Å²) in [6, 6.07) is 46.4. The van der Waals surface area contributed by atoms with E-state index < -0.39 is 0 Å². The van der Waals surface area contributed by atoms with Gasteiger partial charge in [-0.3, -0.25) is 9.59 Å². The van der Waals surface area contributed by atoms with E-state index in [4.69, 9.17) is 0 Å². The first kappa shape index (κ1) is 27.1. The SMILES string of the molecule is CC(=O)c1c(C(=O)Nc2cccc(-c3ccccc3)c2)cccc1-n1c2ccccc2c2cc(-c3ccc(C)cc3)ccc21. The monoisotopic (exact) mass is 570 g/mol. The van der Waals surface area contributed by atoms with Gasteiger partial charge in [0.2, 0.25) is 0 Å². The van der Waals surface area contributed by atoms with E-state index in [2.05, 4.69) is 71.4 Å². The summed E-state index contributed by atoms with van der Waals surface area (Å²) in [5.41, 5.74) is 9.55. The second-order valence-electron chi connectivity index (χ2n) is 11.1. The molecule has 0 unspecified atom stereocenters. The van der Waals surface area contributed by atoms with E-state index >= 15 is 0 Å². The van der Waals surface area contributed by atoms with Crippen LogP contribution in [0.15, 0.2) is 140 Å². The fourth-order valence-corrected chi connectivity index (χ4v) is 6.05. The van der Waals surface area contributed by atoms with Crippen LogP contribution >= 0.6 is 0 Å². The molecule has 0 fully saturated rings. The smallest absolute Gasteiger partial charge is 0.256 e. The molecule has 44 heavy (non-hydrogen) atoms. The third-order valence-electron chi connectivity index (χ3n) is 8.17. The topological polar surface area (TPSA) is 51.1 Å². The molecule has 7 rings (SSSR count). The van der Waals surface area contributed by atoms with Crippen molar-refractivity contribution in [1.82, 2.24) is 4.57 Å². The molecule has 7 aromatic rings. The van der Waals surface area contributed by atoms with Crippen molar-refractivity contribution in [2.45, 2.75) is 13.8 Å². The summed E-state index contributed by atoms with van der Waals surface area (Å²) in [6.45, 7) is 3.61. The first-order valence-corrected chi connectivity index (χ1v) is 14.7. The van der Waals surface area contributed by atoms with Gasteiger partial charge in [-0.25, -0.2) is 0 Å². The van der Waals surface area contributed by atoms with Crippen molar-refractivity contribution in [3.05, 3.63) is 156 Å². The Labute approximate surface area is 256 Å². The van der Waals surface area contributed by atoms with Crippen LogP contribution in [0.1, 0.15) is 33.2 Å². The Balaban J connectivity index is 1.34. The number of Topliss-reactive ketones (excluding diaryl/α,β-unsaturated/α-hetero) is 1. The number of anilines is 1. The lowest BCUT2D eigenvalue weighted by Crippen LogP contribution is -2.18. The molecular weight excluding hydrogens is 540 g/mol. The van der Waals surface area contributed by atoms with E-state index in [-0.39, 0.29) is 11.7 Å². The summed E-state index contributed by atoms with van der Waals surface area (Å²) in [6.07, 6.45) is 0. The highest BCUT2D eigenvalue weighted by Crippen LogP contribution is 2.36. The highest BCUT2D eigenvalue weighted by Gasteiger charge is 2.22. The van der Waals surface area contributed by atoms with Gasteiger partial charge in [-0.15, -0.1) is 0 Å². The van der Waals surface area contributed by atoms with Gasteiger partial charge in [0, 0.05) is 16.5 Å². The van der Waals surface area contributed by atoms with Gasteiger partial charge in [0.1, 0.15) is 0 Å². The second kappa shape index (κ2) is 11.2. The number of hydrogen-bond donors (Lipinski definition) is 1. The molecule has 0 spiro atoms. The number of rotatable bonds is 6. The lowest BCUT2D eigenvalue weighted by Gasteiger charge is -2.16. The number of carbonyl (C=O) groups excluding carboxylic acids is 2. The van der Waals surface area contributed by atoms with Crippen molar-refractivity contribution in [2.75, 3.05) is 5.32 Å². The van der Waals surface area contributed by atoms with Gasteiger partial charge >= 0.3 is 0 Å². The molecule has 1 heterocycles. The molecule has 212 valence electrons. The highest BCUT2D eigenvalue weighted by molar-refractivity contribution is 6.16. The number of fused-ring (bicyclic) bond motifs is 3. The Morgan fingerprint density at radius 1 is 0.568 bits per heavy atom. The zero-order valence-electron chi connectivity index (χ0n) is 24.5. The minimum Gasteiger partial charge on any atom is -0.322 e. The number of benzene rings is 6. The molecule has 0 saturated heterocycles. The number of nitrogens with one attached hydrogen (secondary N) is 1. The second-order valence-corrected chi connectivity index (χ2v) is 11.1. The van der Waals surface area contributed by atoms with Crippen molar-refractivity contribution in [2.24, 2.45) is 0 Å². The maximum Gasteiger partial charge on any atom is 0.256 e. The number of ketones is 1. The largest absolute Gasteiger partial charge is 0.322 e. The van der Waals surface area contributed by atoms with Gasteiger partial charge in [-0.1, -0.05) is 103 Å². The third kappa shape index (κ3) is 4.87. The summed E-state index contributed by atoms with van der Waals surface area (Å²) >= 11 is 0. The molecule has 1 aromatic heterocycles. The number of nitrogens with zero attached hydrogens (tertiary/aromatic N) is 1. The van der Waals surface area contributed by atoms with Gasteiger partial charge in [0.05, 0.1) is 27.8 Å². The lowest BCUT2D eigenvalue weighted by atomic mass is 10.00. The van der Waals surface area contributed by atoms with E-state index in [0.29, 0.717) is 22.5 Å². The maximum atomic E-state index is 13.8. The minimum atomic E-state index is -0.329. The van der Waals surface area contributed by atoms with Crippen molar-refractivity contribution in [1.29, 1.82) is 0 Å². The Bertz CT molecular complexity index is 2190. The van der Waals surface area contributed by atoms with Crippen LogP contribution in [0.5, 0.6) is 0 Å². The first-order valence-electron chi connectivity index (χ1n) is 14.7. The van der Waals surface area contributed by atoms with Gasteiger partial charge in [0.25, 0.3) is 5.91 Å². The number of para-hydroxylation sites is 1. The van der Waals surface area contributed by atoms with Crippen LogP contribution in [0.2, 0.25) is 0 Å².